The van der Waals surface area contributed by atoms with Crippen molar-refractivity contribution in [3.8, 4) is 11.8 Å². The number of benzene rings is 1. The van der Waals surface area contributed by atoms with Crippen molar-refractivity contribution in [1.29, 1.82) is 0 Å². The molecular weight excluding hydrogens is 240 g/mol. The fourth-order valence-corrected chi connectivity index (χ4v) is 1.86. The molecule has 0 aliphatic heterocycles. The number of hydrogen-bond acceptors (Lipinski definition) is 3. The van der Waals surface area contributed by atoms with E-state index in [2.05, 4.69) is 44.4 Å². The highest BCUT2D eigenvalue weighted by atomic mass is 16.6. The van der Waals surface area contributed by atoms with E-state index in [0.717, 1.165) is 5.56 Å². The van der Waals surface area contributed by atoms with Gasteiger partial charge < -0.3 is 0 Å². The molecule has 0 aliphatic rings. The molecule has 1 aromatic carbocycles. The molecule has 4 heteroatoms. The Bertz CT molecular complexity index is 473. The fourth-order valence-electron chi connectivity index (χ4n) is 1.86. The second kappa shape index (κ2) is 6.91. The summed E-state index contributed by atoms with van der Waals surface area (Å²) in [6.45, 7) is 9.29. The Labute approximate surface area is 114 Å². The summed E-state index contributed by atoms with van der Waals surface area (Å²) in [7, 11) is 0. The first-order valence-corrected chi connectivity index (χ1v) is 6.41. The number of non-ortho nitro benzene ring substituents is 1. The summed E-state index contributed by atoms with van der Waals surface area (Å²) in [5.41, 5.74) is 0.898. The highest BCUT2D eigenvalue weighted by Crippen LogP contribution is 2.11. The lowest BCUT2D eigenvalue weighted by atomic mass is 10.2. The standard InChI is InChI=1S/C15H20N2O2/c1-12(2)16(13(3)4)11-5-6-14-7-9-15(10-8-14)17(18)19/h7-10,12-13H,11H2,1-4H3. The second-order valence-electron chi connectivity index (χ2n) is 4.97. The Morgan fingerprint density at radius 3 is 2.11 bits per heavy atom. The molecule has 0 atom stereocenters. The molecule has 1 rings (SSSR count). The average Bonchev–Trinajstić information content (AvgIpc) is 2.34. The van der Waals surface area contributed by atoms with E-state index in [1.807, 2.05) is 0 Å². The van der Waals surface area contributed by atoms with Gasteiger partial charge in [-0.15, -0.1) is 0 Å². The van der Waals surface area contributed by atoms with Crippen LogP contribution >= 0.6 is 0 Å². The Kier molecular flexibility index (Phi) is 5.53. The van der Waals surface area contributed by atoms with Gasteiger partial charge in [0, 0.05) is 29.8 Å². The van der Waals surface area contributed by atoms with Crippen LogP contribution in [0.25, 0.3) is 0 Å². The molecule has 0 aliphatic carbocycles. The van der Waals surface area contributed by atoms with Crippen LogP contribution in [-0.2, 0) is 0 Å². The predicted molar refractivity (Wildman–Crippen MR) is 77.0 cm³/mol. The van der Waals surface area contributed by atoms with E-state index in [1.54, 1.807) is 12.1 Å². The Balaban J connectivity index is 2.70. The molecule has 0 N–H and O–H groups in total. The maximum atomic E-state index is 10.5. The Morgan fingerprint density at radius 2 is 1.68 bits per heavy atom. The summed E-state index contributed by atoms with van der Waals surface area (Å²) >= 11 is 0. The fraction of sp³-hybridized carbons (Fsp3) is 0.467. The third-order valence-electron chi connectivity index (χ3n) is 2.90. The zero-order valence-corrected chi connectivity index (χ0v) is 11.9. The zero-order valence-electron chi connectivity index (χ0n) is 11.9. The van der Waals surface area contributed by atoms with Crippen LogP contribution in [0.1, 0.15) is 33.3 Å². The van der Waals surface area contributed by atoms with Crippen LogP contribution < -0.4 is 0 Å². The van der Waals surface area contributed by atoms with Crippen LogP contribution in [0.2, 0.25) is 0 Å². The van der Waals surface area contributed by atoms with Gasteiger partial charge in [-0.2, -0.15) is 0 Å². The molecule has 1 aromatic rings. The first kappa shape index (κ1) is 15.2. The topological polar surface area (TPSA) is 46.4 Å². The van der Waals surface area contributed by atoms with Crippen molar-refractivity contribution in [1.82, 2.24) is 4.90 Å². The van der Waals surface area contributed by atoms with E-state index in [0.29, 0.717) is 18.6 Å². The molecule has 0 saturated heterocycles. The summed E-state index contributed by atoms with van der Waals surface area (Å²) in [5, 5.41) is 10.5. The maximum Gasteiger partial charge on any atom is 0.269 e. The van der Waals surface area contributed by atoms with E-state index in [4.69, 9.17) is 0 Å². The number of rotatable bonds is 4. The zero-order chi connectivity index (χ0) is 14.4. The third-order valence-corrected chi connectivity index (χ3v) is 2.90. The van der Waals surface area contributed by atoms with Crippen LogP contribution in [0.3, 0.4) is 0 Å². The minimum Gasteiger partial charge on any atom is -0.287 e. The third kappa shape index (κ3) is 4.72. The summed E-state index contributed by atoms with van der Waals surface area (Å²) in [5.74, 6) is 6.16. The number of nitro benzene ring substituents is 1. The van der Waals surface area contributed by atoms with Crippen molar-refractivity contribution in [3.05, 3.63) is 39.9 Å². The maximum absolute atomic E-state index is 10.5. The van der Waals surface area contributed by atoms with Gasteiger partial charge in [-0.25, -0.2) is 0 Å². The highest BCUT2D eigenvalue weighted by molar-refractivity contribution is 5.41. The van der Waals surface area contributed by atoms with Crippen molar-refractivity contribution < 1.29 is 4.92 Å². The van der Waals surface area contributed by atoms with Crippen molar-refractivity contribution in [3.63, 3.8) is 0 Å². The molecule has 0 bridgehead atoms. The summed E-state index contributed by atoms with van der Waals surface area (Å²) in [6, 6.07) is 7.22. The average molecular weight is 260 g/mol. The lowest BCUT2D eigenvalue weighted by Crippen LogP contribution is -2.37. The van der Waals surface area contributed by atoms with E-state index in [-0.39, 0.29) is 5.69 Å². The van der Waals surface area contributed by atoms with E-state index < -0.39 is 4.92 Å². The smallest absolute Gasteiger partial charge is 0.269 e. The molecule has 0 aromatic heterocycles. The van der Waals surface area contributed by atoms with Crippen molar-refractivity contribution in [2.75, 3.05) is 6.54 Å². The van der Waals surface area contributed by atoms with Crippen LogP contribution in [0, 0.1) is 22.0 Å². The molecule has 0 radical (unpaired) electrons. The molecule has 19 heavy (non-hydrogen) atoms. The molecule has 0 heterocycles. The van der Waals surface area contributed by atoms with Crippen LogP contribution in [0.15, 0.2) is 24.3 Å². The number of nitro groups is 1. The van der Waals surface area contributed by atoms with Gasteiger partial charge in [-0.1, -0.05) is 11.8 Å². The lowest BCUT2D eigenvalue weighted by molar-refractivity contribution is -0.384. The first-order valence-electron chi connectivity index (χ1n) is 6.41. The molecular formula is C15H20N2O2. The van der Waals surface area contributed by atoms with Crippen molar-refractivity contribution >= 4 is 5.69 Å². The minimum atomic E-state index is -0.406. The largest absolute Gasteiger partial charge is 0.287 e. The van der Waals surface area contributed by atoms with Crippen molar-refractivity contribution in [2.24, 2.45) is 0 Å². The van der Waals surface area contributed by atoms with Gasteiger partial charge in [0.15, 0.2) is 0 Å². The van der Waals surface area contributed by atoms with E-state index >= 15 is 0 Å². The number of nitrogens with zero attached hydrogens (tertiary/aromatic N) is 2. The molecule has 0 saturated carbocycles. The summed E-state index contributed by atoms with van der Waals surface area (Å²) < 4.78 is 0. The predicted octanol–water partition coefficient (Wildman–Crippen LogP) is 3.07. The lowest BCUT2D eigenvalue weighted by Gasteiger charge is -2.28. The molecule has 102 valence electrons. The van der Waals surface area contributed by atoms with Gasteiger partial charge in [-0.3, -0.25) is 15.0 Å². The van der Waals surface area contributed by atoms with Gasteiger partial charge in [0.05, 0.1) is 11.5 Å². The van der Waals surface area contributed by atoms with Gasteiger partial charge in [0.2, 0.25) is 0 Å². The molecule has 4 nitrogen and oxygen atoms in total. The highest BCUT2D eigenvalue weighted by Gasteiger charge is 2.10. The minimum absolute atomic E-state index is 0.0940. The Hall–Kier alpha value is -1.86. The molecule has 0 fully saturated rings. The van der Waals surface area contributed by atoms with E-state index in [9.17, 15) is 10.1 Å². The normalized spacial score (nSPS) is 10.7. The SMILES string of the molecule is CC(C)N(CC#Cc1ccc([N+](=O)[O-])cc1)C(C)C. The van der Waals surface area contributed by atoms with E-state index in [1.165, 1.54) is 12.1 Å². The van der Waals surface area contributed by atoms with Crippen LogP contribution in [0.5, 0.6) is 0 Å². The molecule has 0 amide bonds. The van der Waals surface area contributed by atoms with Gasteiger partial charge >= 0.3 is 0 Å². The van der Waals surface area contributed by atoms with Gasteiger partial charge in [-0.05, 0) is 39.8 Å². The first-order chi connectivity index (χ1) is 8.91. The van der Waals surface area contributed by atoms with Crippen molar-refractivity contribution in [2.45, 2.75) is 39.8 Å². The van der Waals surface area contributed by atoms with Crippen LogP contribution in [-0.4, -0.2) is 28.5 Å². The van der Waals surface area contributed by atoms with Crippen LogP contribution in [0.4, 0.5) is 5.69 Å². The quantitative estimate of drug-likeness (QED) is 0.475. The van der Waals surface area contributed by atoms with Gasteiger partial charge in [0.1, 0.15) is 0 Å². The molecule has 0 spiro atoms. The number of hydrogen-bond donors (Lipinski definition) is 0. The summed E-state index contributed by atoms with van der Waals surface area (Å²) in [4.78, 5) is 12.4. The van der Waals surface area contributed by atoms with Gasteiger partial charge in [0.25, 0.3) is 5.69 Å². The monoisotopic (exact) mass is 260 g/mol. The Morgan fingerprint density at radius 1 is 1.16 bits per heavy atom. The molecule has 0 unspecified atom stereocenters. The summed E-state index contributed by atoms with van der Waals surface area (Å²) in [6.07, 6.45) is 0. The second-order valence-corrected chi connectivity index (χ2v) is 4.97.